The molecule has 0 aromatic heterocycles. The van der Waals surface area contributed by atoms with Crippen LogP contribution in [0.2, 0.25) is 0 Å². The number of sulfonamides is 1. The van der Waals surface area contributed by atoms with Crippen molar-refractivity contribution in [3.05, 3.63) is 59.9 Å². The van der Waals surface area contributed by atoms with Gasteiger partial charge in [0.15, 0.2) is 0 Å². The Hall–Kier alpha value is -2.49. The van der Waals surface area contributed by atoms with E-state index in [0.29, 0.717) is 5.75 Å². The number of halogens is 1. The molecule has 0 unspecified atom stereocenters. The van der Waals surface area contributed by atoms with Gasteiger partial charge in [-0.25, -0.2) is 22.3 Å². The lowest BCUT2D eigenvalue weighted by molar-refractivity contribution is 0.0450. The predicted molar refractivity (Wildman–Crippen MR) is 100 cm³/mol. The van der Waals surface area contributed by atoms with Crippen molar-refractivity contribution in [1.82, 2.24) is 4.72 Å². The molecule has 2 rings (SSSR count). The Labute approximate surface area is 163 Å². The normalized spacial score (nSPS) is 12.4. The molecule has 0 amide bonds. The Bertz CT molecular complexity index is 868. The van der Waals surface area contributed by atoms with E-state index in [-0.39, 0.29) is 42.1 Å². The van der Waals surface area contributed by atoms with Crippen molar-refractivity contribution < 1.29 is 31.8 Å². The maximum atomic E-state index is 12.8. The maximum Gasteiger partial charge on any atom is 0.338 e. The van der Waals surface area contributed by atoms with Gasteiger partial charge in [0.1, 0.15) is 24.8 Å². The highest BCUT2D eigenvalue weighted by Crippen LogP contribution is 2.13. The van der Waals surface area contributed by atoms with Gasteiger partial charge in [0.2, 0.25) is 10.0 Å². The SMILES string of the molecule is COC[C@H](C)NS(=O)(=O)c1ccc(C(=O)OCCOc2ccc(F)cc2)cc1. The minimum atomic E-state index is -3.71. The number of hydrogen-bond acceptors (Lipinski definition) is 6. The molecule has 0 aliphatic carbocycles. The number of carbonyl (C=O) groups is 1. The molecule has 0 aliphatic heterocycles. The number of methoxy groups -OCH3 is 1. The highest BCUT2D eigenvalue weighted by molar-refractivity contribution is 7.89. The van der Waals surface area contributed by atoms with Gasteiger partial charge in [-0.05, 0) is 55.5 Å². The van der Waals surface area contributed by atoms with E-state index in [1.807, 2.05) is 0 Å². The van der Waals surface area contributed by atoms with Crippen molar-refractivity contribution in [2.75, 3.05) is 26.9 Å². The quantitative estimate of drug-likeness (QED) is 0.477. The Balaban J connectivity index is 1.84. The van der Waals surface area contributed by atoms with Crippen LogP contribution >= 0.6 is 0 Å². The van der Waals surface area contributed by atoms with Gasteiger partial charge in [-0.3, -0.25) is 0 Å². The van der Waals surface area contributed by atoms with Crippen LogP contribution in [0.4, 0.5) is 4.39 Å². The van der Waals surface area contributed by atoms with Crippen LogP contribution in [-0.2, 0) is 19.5 Å². The van der Waals surface area contributed by atoms with Gasteiger partial charge in [-0.15, -0.1) is 0 Å². The minimum absolute atomic E-state index is 0.00759. The molecular formula is C19H22FNO6S. The molecular weight excluding hydrogens is 389 g/mol. The lowest BCUT2D eigenvalue weighted by atomic mass is 10.2. The van der Waals surface area contributed by atoms with E-state index in [1.54, 1.807) is 6.92 Å². The van der Waals surface area contributed by atoms with Gasteiger partial charge >= 0.3 is 5.97 Å². The van der Waals surface area contributed by atoms with Crippen LogP contribution in [0.3, 0.4) is 0 Å². The molecule has 0 bridgehead atoms. The molecule has 0 heterocycles. The fraction of sp³-hybridized carbons (Fsp3) is 0.316. The standard InChI is InChI=1S/C19H22FNO6S/c1-14(13-25-2)21-28(23,24)18-9-3-15(4-10-18)19(22)27-12-11-26-17-7-5-16(20)6-8-17/h3-10,14,21H,11-13H2,1-2H3/t14-/m0/s1. The highest BCUT2D eigenvalue weighted by Gasteiger charge is 2.18. The van der Waals surface area contributed by atoms with E-state index >= 15 is 0 Å². The summed E-state index contributed by atoms with van der Waals surface area (Å²) in [4.78, 5) is 12.0. The molecule has 152 valence electrons. The molecule has 0 saturated carbocycles. The zero-order chi connectivity index (χ0) is 20.6. The Morgan fingerprint density at radius 3 is 2.32 bits per heavy atom. The van der Waals surface area contributed by atoms with Crippen LogP contribution in [0.5, 0.6) is 5.75 Å². The second kappa shape index (κ2) is 10.2. The fourth-order valence-electron chi connectivity index (χ4n) is 2.30. The van der Waals surface area contributed by atoms with Gasteiger partial charge in [-0.2, -0.15) is 0 Å². The van der Waals surface area contributed by atoms with Gasteiger partial charge in [0.25, 0.3) is 0 Å². The van der Waals surface area contributed by atoms with Gasteiger partial charge in [-0.1, -0.05) is 0 Å². The van der Waals surface area contributed by atoms with E-state index in [1.165, 1.54) is 55.6 Å². The summed E-state index contributed by atoms with van der Waals surface area (Å²) in [7, 11) is -2.23. The van der Waals surface area contributed by atoms with Gasteiger partial charge in [0, 0.05) is 13.2 Å². The molecule has 0 saturated heterocycles. The van der Waals surface area contributed by atoms with Crippen molar-refractivity contribution >= 4 is 16.0 Å². The van der Waals surface area contributed by atoms with E-state index in [0.717, 1.165) is 0 Å². The smallest absolute Gasteiger partial charge is 0.338 e. The van der Waals surface area contributed by atoms with E-state index in [9.17, 15) is 17.6 Å². The number of benzene rings is 2. The van der Waals surface area contributed by atoms with Crippen LogP contribution in [0, 0.1) is 5.82 Å². The molecule has 2 aromatic carbocycles. The summed E-state index contributed by atoms with van der Waals surface area (Å²) >= 11 is 0. The summed E-state index contributed by atoms with van der Waals surface area (Å²) in [5.74, 6) is -0.512. The van der Waals surface area contributed by atoms with Gasteiger partial charge in [0.05, 0.1) is 17.1 Å². The van der Waals surface area contributed by atoms with Crippen molar-refractivity contribution in [3.8, 4) is 5.75 Å². The number of carbonyl (C=O) groups excluding carboxylic acids is 1. The number of ether oxygens (including phenoxy) is 3. The summed E-state index contributed by atoms with van der Waals surface area (Å²) in [5.41, 5.74) is 0.214. The third-order valence-corrected chi connectivity index (χ3v) is 5.18. The third kappa shape index (κ3) is 6.59. The average molecular weight is 411 g/mol. The fourth-order valence-corrected chi connectivity index (χ4v) is 3.52. The van der Waals surface area contributed by atoms with Crippen LogP contribution in [0.1, 0.15) is 17.3 Å². The maximum absolute atomic E-state index is 12.8. The summed E-state index contributed by atoms with van der Waals surface area (Å²) in [6, 6.07) is 10.5. The van der Waals surface area contributed by atoms with Crippen LogP contribution in [0.15, 0.2) is 53.4 Å². The van der Waals surface area contributed by atoms with Crippen molar-refractivity contribution in [2.24, 2.45) is 0 Å². The second-order valence-electron chi connectivity index (χ2n) is 5.94. The van der Waals surface area contributed by atoms with Crippen molar-refractivity contribution in [3.63, 3.8) is 0 Å². The Kier molecular flexibility index (Phi) is 7.91. The summed E-state index contributed by atoms with van der Waals surface area (Å²) in [6.07, 6.45) is 0. The summed E-state index contributed by atoms with van der Waals surface area (Å²) in [6.45, 7) is 2.02. The first kappa shape index (κ1) is 21.8. The van der Waals surface area contributed by atoms with Crippen LogP contribution in [0.25, 0.3) is 0 Å². The zero-order valence-electron chi connectivity index (χ0n) is 15.6. The topological polar surface area (TPSA) is 90.9 Å². The lowest BCUT2D eigenvalue weighted by Crippen LogP contribution is -2.35. The largest absolute Gasteiger partial charge is 0.490 e. The summed E-state index contributed by atoms with van der Waals surface area (Å²) < 4.78 is 55.1. The number of nitrogens with one attached hydrogen (secondary N) is 1. The summed E-state index contributed by atoms with van der Waals surface area (Å²) in [5, 5.41) is 0. The second-order valence-corrected chi connectivity index (χ2v) is 7.65. The first-order valence-electron chi connectivity index (χ1n) is 8.48. The third-order valence-electron chi connectivity index (χ3n) is 3.57. The highest BCUT2D eigenvalue weighted by atomic mass is 32.2. The molecule has 1 atom stereocenters. The Morgan fingerprint density at radius 1 is 1.07 bits per heavy atom. The molecule has 9 heteroatoms. The minimum Gasteiger partial charge on any atom is -0.490 e. The molecule has 2 aromatic rings. The molecule has 0 aliphatic rings. The number of hydrogen-bond donors (Lipinski definition) is 1. The van der Waals surface area contributed by atoms with Crippen molar-refractivity contribution in [2.45, 2.75) is 17.9 Å². The first-order chi connectivity index (χ1) is 13.3. The predicted octanol–water partition coefficient (Wildman–Crippen LogP) is 2.37. The molecule has 0 radical (unpaired) electrons. The van der Waals surface area contributed by atoms with Crippen LogP contribution < -0.4 is 9.46 Å². The van der Waals surface area contributed by atoms with E-state index in [2.05, 4.69) is 4.72 Å². The monoisotopic (exact) mass is 411 g/mol. The molecule has 28 heavy (non-hydrogen) atoms. The molecule has 0 fully saturated rings. The number of rotatable bonds is 10. The molecule has 7 nitrogen and oxygen atoms in total. The zero-order valence-corrected chi connectivity index (χ0v) is 16.4. The lowest BCUT2D eigenvalue weighted by Gasteiger charge is -2.13. The van der Waals surface area contributed by atoms with E-state index < -0.39 is 16.0 Å². The molecule has 1 N–H and O–H groups in total. The first-order valence-corrected chi connectivity index (χ1v) is 9.97. The van der Waals surface area contributed by atoms with Gasteiger partial charge < -0.3 is 14.2 Å². The Morgan fingerprint density at radius 2 is 1.71 bits per heavy atom. The van der Waals surface area contributed by atoms with Crippen LogP contribution in [-0.4, -0.2) is 47.4 Å². The van der Waals surface area contributed by atoms with E-state index in [4.69, 9.17) is 14.2 Å². The molecule has 0 spiro atoms. The van der Waals surface area contributed by atoms with Crippen molar-refractivity contribution in [1.29, 1.82) is 0 Å². The average Bonchev–Trinajstić information content (AvgIpc) is 2.66. The number of esters is 1.